The molecule has 8 saturated carbocycles. The minimum absolute atomic E-state index is 0.0156. The Morgan fingerprint density at radius 1 is 0.500 bits per heavy atom. The molecule has 178 valence electrons. The summed E-state index contributed by atoms with van der Waals surface area (Å²) in [5.41, 5.74) is -1.55. The summed E-state index contributed by atoms with van der Waals surface area (Å²) in [6.45, 7) is 9.23. The van der Waals surface area contributed by atoms with Crippen LogP contribution >= 0.6 is 0 Å². The van der Waals surface area contributed by atoms with Gasteiger partial charge in [0.15, 0.2) is 0 Å². The van der Waals surface area contributed by atoms with Crippen LogP contribution in [0.15, 0.2) is 0 Å². The summed E-state index contributed by atoms with van der Waals surface area (Å²) in [4.78, 5) is 34.4. The van der Waals surface area contributed by atoms with Crippen molar-refractivity contribution in [2.24, 2.45) is 32.5 Å². The van der Waals surface area contributed by atoms with Gasteiger partial charge in [-0.25, -0.2) is 0 Å². The molecule has 0 spiro atoms. The van der Waals surface area contributed by atoms with E-state index in [1.165, 1.54) is 0 Å². The highest BCUT2D eigenvalue weighted by molar-refractivity contribution is 5.26. The number of hydrogen-bond acceptors (Lipinski definition) is 6. The second-order valence-electron chi connectivity index (χ2n) is 14.9. The van der Waals surface area contributed by atoms with E-state index in [0.717, 1.165) is 64.2 Å². The SMILES string of the molecule is CC12CC3(C)CC(O[N+](=O)[O-])(C1)CC(C14CC5(C)CC(C)(CC(O[N+](=O)[O-])(C5)C1)C4)(C2)C3. The topological polar surface area (TPSA) is 105 Å². The molecular weight excluding hydrogens is 412 g/mol. The van der Waals surface area contributed by atoms with Gasteiger partial charge in [-0.3, -0.25) is 0 Å². The minimum Gasteiger partial charge on any atom is -0.307 e. The van der Waals surface area contributed by atoms with Gasteiger partial charge in [-0.2, -0.15) is 0 Å². The van der Waals surface area contributed by atoms with Gasteiger partial charge in [0.05, 0.1) is 0 Å². The Morgan fingerprint density at radius 3 is 1.03 bits per heavy atom. The van der Waals surface area contributed by atoms with Crippen LogP contribution in [0.5, 0.6) is 0 Å². The van der Waals surface area contributed by atoms with Gasteiger partial charge in [0.25, 0.3) is 10.2 Å². The fourth-order valence-corrected chi connectivity index (χ4v) is 12.8. The molecule has 0 heterocycles. The monoisotopic (exact) mass is 448 g/mol. The highest BCUT2D eigenvalue weighted by Crippen LogP contribution is 2.83. The largest absolute Gasteiger partial charge is 0.307 e. The molecule has 4 atom stereocenters. The zero-order valence-electron chi connectivity index (χ0n) is 19.8. The van der Waals surface area contributed by atoms with Crippen molar-refractivity contribution in [2.45, 2.75) is 116 Å². The first-order valence-electron chi connectivity index (χ1n) is 12.2. The van der Waals surface area contributed by atoms with E-state index < -0.39 is 21.4 Å². The fraction of sp³-hybridized carbons (Fsp3) is 1.00. The van der Waals surface area contributed by atoms with E-state index in [9.17, 15) is 20.2 Å². The summed E-state index contributed by atoms with van der Waals surface area (Å²) in [7, 11) is 0. The van der Waals surface area contributed by atoms with Crippen molar-refractivity contribution in [3.05, 3.63) is 20.2 Å². The Kier molecular flexibility index (Phi) is 3.52. The third-order valence-corrected chi connectivity index (χ3v) is 10.7. The van der Waals surface area contributed by atoms with Crippen LogP contribution < -0.4 is 0 Å². The van der Waals surface area contributed by atoms with Crippen LogP contribution in [0.2, 0.25) is 0 Å². The Balaban J connectivity index is 1.50. The third-order valence-electron chi connectivity index (χ3n) is 10.7. The summed E-state index contributed by atoms with van der Waals surface area (Å²) in [5.74, 6) is 0. The van der Waals surface area contributed by atoms with Gasteiger partial charge in [0, 0.05) is 0 Å². The molecule has 0 saturated heterocycles. The van der Waals surface area contributed by atoms with Gasteiger partial charge in [-0.15, -0.1) is 20.2 Å². The second-order valence-corrected chi connectivity index (χ2v) is 14.9. The Labute approximate surface area is 189 Å². The van der Waals surface area contributed by atoms with Gasteiger partial charge in [-0.05, 0) is 110 Å². The first-order valence-corrected chi connectivity index (χ1v) is 12.2. The molecule has 0 aromatic carbocycles. The number of rotatable bonds is 5. The maximum absolute atomic E-state index is 11.6. The maximum Gasteiger partial charge on any atom is 0.295 e. The van der Waals surface area contributed by atoms with E-state index in [0.29, 0.717) is 12.8 Å². The molecule has 0 aromatic heterocycles. The normalized spacial score (nSPS) is 59.2. The highest BCUT2D eigenvalue weighted by atomic mass is 17.0. The summed E-state index contributed by atoms with van der Waals surface area (Å²) < 4.78 is 0. The molecule has 0 N–H and O–H groups in total. The maximum atomic E-state index is 11.6. The third kappa shape index (κ3) is 2.67. The lowest BCUT2D eigenvalue weighted by molar-refractivity contribution is -0.789. The number of nitrogens with zero attached hydrogens (tertiary/aromatic N) is 2. The van der Waals surface area contributed by atoms with Crippen LogP contribution in [-0.2, 0) is 9.68 Å². The molecule has 0 aromatic rings. The summed E-state index contributed by atoms with van der Waals surface area (Å²) in [6.07, 6.45) is 10.8. The van der Waals surface area contributed by atoms with E-state index in [1.807, 2.05) is 0 Å². The van der Waals surface area contributed by atoms with E-state index >= 15 is 0 Å². The van der Waals surface area contributed by atoms with Gasteiger partial charge in [0.2, 0.25) is 0 Å². The Bertz CT molecular complexity index is 821. The van der Waals surface area contributed by atoms with E-state index in [4.69, 9.17) is 9.68 Å². The van der Waals surface area contributed by atoms with Crippen LogP contribution in [0, 0.1) is 52.7 Å². The molecule has 8 aliphatic carbocycles. The minimum atomic E-state index is -0.718. The predicted octanol–water partition coefficient (Wildman–Crippen LogP) is 5.64. The van der Waals surface area contributed by atoms with Crippen molar-refractivity contribution in [1.29, 1.82) is 0 Å². The molecule has 8 bridgehead atoms. The second kappa shape index (κ2) is 5.38. The molecule has 0 amide bonds. The lowest BCUT2D eigenvalue weighted by Crippen LogP contribution is -2.73. The van der Waals surface area contributed by atoms with Gasteiger partial charge in [0.1, 0.15) is 11.2 Å². The van der Waals surface area contributed by atoms with Crippen LogP contribution in [0.3, 0.4) is 0 Å². The molecular formula is C24H36N2O6. The molecule has 8 fully saturated rings. The lowest BCUT2D eigenvalue weighted by Gasteiger charge is -2.78. The summed E-state index contributed by atoms with van der Waals surface area (Å²) in [6, 6.07) is 0. The predicted molar refractivity (Wildman–Crippen MR) is 114 cm³/mol. The molecule has 32 heavy (non-hydrogen) atoms. The molecule has 8 nitrogen and oxygen atoms in total. The quantitative estimate of drug-likeness (QED) is 0.398. The molecule has 8 aliphatic rings. The average molecular weight is 449 g/mol. The van der Waals surface area contributed by atoms with Crippen molar-refractivity contribution in [2.75, 3.05) is 0 Å². The molecule has 8 heteroatoms. The van der Waals surface area contributed by atoms with Gasteiger partial charge < -0.3 is 9.68 Å². The van der Waals surface area contributed by atoms with Crippen molar-refractivity contribution in [1.82, 2.24) is 0 Å². The molecule has 0 radical (unpaired) electrons. The molecule has 0 aliphatic heterocycles. The summed E-state index contributed by atoms with van der Waals surface area (Å²) in [5, 5.41) is 22.1. The molecule has 8 rings (SSSR count). The van der Waals surface area contributed by atoms with Crippen LogP contribution in [-0.4, -0.2) is 21.4 Å². The smallest absolute Gasteiger partial charge is 0.295 e. The van der Waals surface area contributed by atoms with E-state index in [2.05, 4.69) is 27.7 Å². The lowest BCUT2D eigenvalue weighted by atomic mass is 9.27. The fourth-order valence-electron chi connectivity index (χ4n) is 12.8. The standard InChI is InChI=1S/C24H36N2O6/c1-17-5-18(2)8-21(7-17,15-23(11-17,12-18)31-25(27)28)22-9-19(3)6-20(4,10-22)14-24(13-19,16-22)32-26(29)30/h5-16H2,1-4H3. The highest BCUT2D eigenvalue weighted by Gasteiger charge is 2.77. The first-order chi connectivity index (χ1) is 14.6. The first kappa shape index (κ1) is 21.0. The van der Waals surface area contributed by atoms with Gasteiger partial charge >= 0.3 is 0 Å². The van der Waals surface area contributed by atoms with Crippen molar-refractivity contribution in [3.8, 4) is 0 Å². The van der Waals surface area contributed by atoms with Crippen LogP contribution in [0.4, 0.5) is 0 Å². The van der Waals surface area contributed by atoms with Crippen molar-refractivity contribution >= 4 is 0 Å². The summed E-state index contributed by atoms with van der Waals surface area (Å²) >= 11 is 0. The number of hydrogen-bond donors (Lipinski definition) is 0. The van der Waals surface area contributed by atoms with Crippen molar-refractivity contribution in [3.63, 3.8) is 0 Å². The Hall–Kier alpha value is -1.60. The van der Waals surface area contributed by atoms with Gasteiger partial charge in [-0.1, -0.05) is 27.7 Å². The zero-order valence-corrected chi connectivity index (χ0v) is 19.8. The van der Waals surface area contributed by atoms with Crippen molar-refractivity contribution < 1.29 is 19.8 Å². The Morgan fingerprint density at radius 2 is 0.781 bits per heavy atom. The van der Waals surface area contributed by atoms with E-state index in [-0.39, 0.29) is 32.5 Å². The van der Waals surface area contributed by atoms with Crippen LogP contribution in [0.25, 0.3) is 0 Å². The van der Waals surface area contributed by atoms with E-state index in [1.54, 1.807) is 0 Å². The zero-order chi connectivity index (χ0) is 23.1. The molecule has 4 unspecified atom stereocenters. The average Bonchev–Trinajstić information content (AvgIpc) is 2.44. The van der Waals surface area contributed by atoms with Crippen LogP contribution in [0.1, 0.15) is 105 Å².